The van der Waals surface area contributed by atoms with Crippen LogP contribution in [0.4, 0.5) is 17.5 Å². The van der Waals surface area contributed by atoms with Crippen molar-refractivity contribution in [3.63, 3.8) is 0 Å². The number of ether oxygens (including phenoxy) is 2. The van der Waals surface area contributed by atoms with Gasteiger partial charge < -0.3 is 20.1 Å². The highest BCUT2D eigenvalue weighted by Gasteiger charge is 2.11. The molecule has 0 radical (unpaired) electrons. The van der Waals surface area contributed by atoms with E-state index in [0.717, 1.165) is 0 Å². The van der Waals surface area contributed by atoms with Crippen LogP contribution in [-0.4, -0.2) is 48.5 Å². The van der Waals surface area contributed by atoms with Crippen LogP contribution < -0.4 is 10.6 Å². The fourth-order valence-electron chi connectivity index (χ4n) is 1.72. The first kappa shape index (κ1) is 15.6. The van der Waals surface area contributed by atoms with Gasteiger partial charge in [0.15, 0.2) is 5.82 Å². The van der Waals surface area contributed by atoms with E-state index in [-0.39, 0.29) is 0 Å². The smallest absolute Gasteiger partial charge is 0.339 e. The largest absolute Gasteiger partial charge is 0.465 e. The molecule has 2 N–H and O–H groups in total. The molecule has 8 heteroatoms. The number of nitrogens with one attached hydrogen (secondary N) is 2. The molecule has 0 bridgehead atoms. The molecule has 0 aliphatic rings. The standard InChI is InChI=1S/C14H17N5O3/c1-21-8-7-15-14-18-12(9-16-19-14)17-11-6-4-3-5-10(11)13(20)22-2/h3-6,9H,7-8H2,1-2H3,(H2,15,17,18,19). The van der Waals surface area contributed by atoms with Crippen LogP contribution in [0.2, 0.25) is 0 Å². The van der Waals surface area contributed by atoms with Gasteiger partial charge in [-0.25, -0.2) is 4.79 Å². The SMILES string of the molecule is COCCNc1nncc(Nc2ccccc2C(=O)OC)n1. The molecule has 8 nitrogen and oxygen atoms in total. The first-order valence-electron chi connectivity index (χ1n) is 6.61. The Labute approximate surface area is 127 Å². The van der Waals surface area contributed by atoms with E-state index in [1.165, 1.54) is 13.3 Å². The fourth-order valence-corrected chi connectivity index (χ4v) is 1.72. The Morgan fingerprint density at radius 2 is 2.09 bits per heavy atom. The number of benzene rings is 1. The minimum atomic E-state index is -0.427. The van der Waals surface area contributed by atoms with E-state index in [1.807, 2.05) is 0 Å². The van der Waals surface area contributed by atoms with E-state index in [4.69, 9.17) is 9.47 Å². The van der Waals surface area contributed by atoms with Crippen LogP contribution in [0.1, 0.15) is 10.4 Å². The molecule has 1 heterocycles. The van der Waals surface area contributed by atoms with Crippen molar-refractivity contribution in [2.24, 2.45) is 0 Å². The van der Waals surface area contributed by atoms with Crippen LogP contribution in [0.25, 0.3) is 0 Å². The maximum Gasteiger partial charge on any atom is 0.339 e. The molecule has 0 saturated carbocycles. The van der Waals surface area contributed by atoms with Gasteiger partial charge in [-0.3, -0.25) is 0 Å². The van der Waals surface area contributed by atoms with Crippen LogP contribution in [-0.2, 0) is 9.47 Å². The molecule has 2 rings (SSSR count). The topological polar surface area (TPSA) is 98.3 Å². The molecule has 0 aliphatic heterocycles. The Morgan fingerprint density at radius 3 is 2.86 bits per heavy atom. The van der Waals surface area contributed by atoms with E-state index in [0.29, 0.717) is 36.2 Å². The molecule has 0 atom stereocenters. The summed E-state index contributed by atoms with van der Waals surface area (Å²) in [6.07, 6.45) is 1.47. The predicted octanol–water partition coefficient (Wildman–Crippen LogP) is 1.46. The Kier molecular flexibility index (Phi) is 5.61. The summed E-state index contributed by atoms with van der Waals surface area (Å²) < 4.78 is 9.69. The van der Waals surface area contributed by atoms with Gasteiger partial charge in [-0.05, 0) is 12.1 Å². The van der Waals surface area contributed by atoms with E-state index >= 15 is 0 Å². The lowest BCUT2D eigenvalue weighted by molar-refractivity contribution is 0.0602. The van der Waals surface area contributed by atoms with Crippen LogP contribution >= 0.6 is 0 Å². The van der Waals surface area contributed by atoms with Crippen molar-refractivity contribution in [2.45, 2.75) is 0 Å². The number of aromatic nitrogens is 3. The Bertz CT molecular complexity index is 635. The number of esters is 1. The summed E-state index contributed by atoms with van der Waals surface area (Å²) >= 11 is 0. The highest BCUT2D eigenvalue weighted by atomic mass is 16.5. The van der Waals surface area contributed by atoms with Crippen LogP contribution in [0.3, 0.4) is 0 Å². The first-order chi connectivity index (χ1) is 10.7. The monoisotopic (exact) mass is 303 g/mol. The molecule has 0 unspecified atom stereocenters. The number of hydrogen-bond acceptors (Lipinski definition) is 8. The highest BCUT2D eigenvalue weighted by Crippen LogP contribution is 2.20. The average molecular weight is 303 g/mol. The van der Waals surface area contributed by atoms with Gasteiger partial charge in [0.1, 0.15) is 0 Å². The third kappa shape index (κ3) is 4.13. The number of nitrogens with zero attached hydrogens (tertiary/aromatic N) is 3. The molecule has 0 saturated heterocycles. The predicted molar refractivity (Wildman–Crippen MR) is 81.3 cm³/mol. The molecule has 0 fully saturated rings. The molecule has 2 aromatic rings. The minimum absolute atomic E-state index is 0.373. The van der Waals surface area contributed by atoms with E-state index in [1.54, 1.807) is 31.4 Å². The van der Waals surface area contributed by atoms with Gasteiger partial charge in [0.05, 0.1) is 31.2 Å². The fraction of sp³-hybridized carbons (Fsp3) is 0.286. The van der Waals surface area contributed by atoms with Gasteiger partial charge in [0.2, 0.25) is 5.95 Å². The lowest BCUT2D eigenvalue weighted by atomic mass is 10.2. The summed E-state index contributed by atoms with van der Waals surface area (Å²) in [6.45, 7) is 1.10. The van der Waals surface area contributed by atoms with Crippen LogP contribution in [0.15, 0.2) is 30.5 Å². The summed E-state index contributed by atoms with van der Waals surface area (Å²) in [7, 11) is 2.95. The first-order valence-corrected chi connectivity index (χ1v) is 6.61. The molecule has 0 amide bonds. The lowest BCUT2D eigenvalue weighted by Gasteiger charge is -2.10. The van der Waals surface area contributed by atoms with Crippen molar-refractivity contribution >= 4 is 23.4 Å². The van der Waals surface area contributed by atoms with E-state index in [2.05, 4.69) is 25.8 Å². The molecule has 1 aromatic carbocycles. The summed E-state index contributed by atoms with van der Waals surface area (Å²) in [4.78, 5) is 16.0. The Balaban J connectivity index is 2.14. The third-order valence-corrected chi connectivity index (χ3v) is 2.74. The molecule has 22 heavy (non-hydrogen) atoms. The Hall–Kier alpha value is -2.74. The summed E-state index contributed by atoms with van der Waals surface area (Å²) in [5.41, 5.74) is 0.996. The van der Waals surface area contributed by atoms with E-state index in [9.17, 15) is 4.79 Å². The van der Waals surface area contributed by atoms with Crippen molar-refractivity contribution in [3.05, 3.63) is 36.0 Å². The van der Waals surface area contributed by atoms with Crippen molar-refractivity contribution in [3.8, 4) is 0 Å². The zero-order valence-corrected chi connectivity index (χ0v) is 12.4. The maximum absolute atomic E-state index is 11.7. The van der Waals surface area contributed by atoms with Crippen molar-refractivity contribution in [1.29, 1.82) is 0 Å². The Morgan fingerprint density at radius 1 is 1.27 bits per heavy atom. The van der Waals surface area contributed by atoms with Gasteiger partial charge in [0.25, 0.3) is 0 Å². The van der Waals surface area contributed by atoms with Gasteiger partial charge in [0, 0.05) is 13.7 Å². The summed E-state index contributed by atoms with van der Waals surface area (Å²) in [5, 5.41) is 13.7. The van der Waals surface area contributed by atoms with Crippen LogP contribution in [0, 0.1) is 0 Å². The van der Waals surface area contributed by atoms with Gasteiger partial charge >= 0.3 is 5.97 Å². The van der Waals surface area contributed by atoms with Crippen molar-refractivity contribution < 1.29 is 14.3 Å². The van der Waals surface area contributed by atoms with Gasteiger partial charge in [-0.15, -0.1) is 5.10 Å². The summed E-state index contributed by atoms with van der Waals surface area (Å²) in [5.74, 6) is 0.410. The van der Waals surface area contributed by atoms with Crippen molar-refractivity contribution in [1.82, 2.24) is 15.2 Å². The number of carbonyl (C=O) groups is 1. The second kappa shape index (κ2) is 7.89. The average Bonchev–Trinajstić information content (AvgIpc) is 2.55. The van der Waals surface area contributed by atoms with Gasteiger partial charge in [-0.2, -0.15) is 10.1 Å². The maximum atomic E-state index is 11.7. The zero-order chi connectivity index (χ0) is 15.8. The number of carbonyl (C=O) groups excluding carboxylic acids is 1. The quantitative estimate of drug-likeness (QED) is 0.586. The zero-order valence-electron chi connectivity index (χ0n) is 12.4. The number of para-hydroxylation sites is 1. The molecule has 0 aliphatic carbocycles. The highest BCUT2D eigenvalue weighted by molar-refractivity contribution is 5.96. The second-order valence-electron chi connectivity index (χ2n) is 4.25. The molecule has 0 spiro atoms. The molecule has 1 aromatic heterocycles. The third-order valence-electron chi connectivity index (χ3n) is 2.74. The van der Waals surface area contributed by atoms with E-state index < -0.39 is 5.97 Å². The lowest BCUT2D eigenvalue weighted by Crippen LogP contribution is -2.12. The minimum Gasteiger partial charge on any atom is -0.465 e. The summed E-state index contributed by atoms with van der Waals surface area (Å²) in [6, 6.07) is 6.99. The number of rotatable bonds is 7. The number of hydrogen-bond donors (Lipinski definition) is 2. The number of methoxy groups -OCH3 is 2. The normalized spacial score (nSPS) is 10.1. The van der Waals surface area contributed by atoms with Gasteiger partial charge in [-0.1, -0.05) is 12.1 Å². The second-order valence-corrected chi connectivity index (χ2v) is 4.25. The molecular weight excluding hydrogens is 286 g/mol. The molecular formula is C14H17N5O3. The van der Waals surface area contributed by atoms with Crippen molar-refractivity contribution in [2.75, 3.05) is 38.0 Å². The van der Waals surface area contributed by atoms with Crippen LogP contribution in [0.5, 0.6) is 0 Å². The molecule has 116 valence electrons. The number of anilines is 3.